The zero-order chi connectivity index (χ0) is 15.1. The summed E-state index contributed by atoms with van der Waals surface area (Å²) in [6.07, 6.45) is 2.05. The minimum atomic E-state index is -0.917. The molecule has 2 rings (SSSR count). The Balaban J connectivity index is 1.83. The van der Waals surface area contributed by atoms with Crippen LogP contribution in [0.1, 0.15) is 17.2 Å². The van der Waals surface area contributed by atoms with Gasteiger partial charge in [-0.05, 0) is 29.3 Å². The highest BCUT2D eigenvalue weighted by Gasteiger charge is 2.09. The molecule has 0 bridgehead atoms. The fourth-order valence-corrected chi connectivity index (χ4v) is 1.73. The van der Waals surface area contributed by atoms with Gasteiger partial charge < -0.3 is 14.9 Å². The molecule has 0 spiro atoms. The van der Waals surface area contributed by atoms with Crippen LogP contribution in [0.5, 0.6) is 5.75 Å². The predicted molar refractivity (Wildman–Crippen MR) is 79.5 cm³/mol. The molecule has 21 heavy (non-hydrogen) atoms. The summed E-state index contributed by atoms with van der Waals surface area (Å²) >= 11 is 0. The van der Waals surface area contributed by atoms with E-state index in [0.29, 0.717) is 5.56 Å². The number of esters is 1. The standard InChI is InChI=1S/C17H16O4/c18-15-9-7-14(8-10-15)16(19)12-21-17(20)11-6-13-4-2-1-3-5-13/h1-11,16,18-19H,12H2. The maximum atomic E-state index is 11.5. The smallest absolute Gasteiger partial charge is 0.330 e. The molecule has 0 fully saturated rings. The lowest BCUT2D eigenvalue weighted by Crippen LogP contribution is -2.10. The number of benzene rings is 2. The predicted octanol–water partition coefficient (Wildman–Crippen LogP) is 2.68. The van der Waals surface area contributed by atoms with Crippen LogP contribution in [-0.4, -0.2) is 22.8 Å². The van der Waals surface area contributed by atoms with Gasteiger partial charge in [0.15, 0.2) is 0 Å². The molecule has 0 saturated carbocycles. The van der Waals surface area contributed by atoms with Gasteiger partial charge in [-0.25, -0.2) is 4.79 Å². The van der Waals surface area contributed by atoms with Crippen LogP contribution in [-0.2, 0) is 9.53 Å². The van der Waals surface area contributed by atoms with Gasteiger partial charge in [0.1, 0.15) is 18.5 Å². The number of phenolic OH excluding ortho intramolecular Hbond substituents is 1. The van der Waals surface area contributed by atoms with E-state index in [-0.39, 0.29) is 12.4 Å². The first-order valence-corrected chi connectivity index (χ1v) is 6.52. The van der Waals surface area contributed by atoms with Crippen LogP contribution in [0.15, 0.2) is 60.7 Å². The summed E-state index contributed by atoms with van der Waals surface area (Å²) in [4.78, 5) is 11.5. The summed E-state index contributed by atoms with van der Waals surface area (Å²) in [6.45, 7) is -0.136. The zero-order valence-electron chi connectivity index (χ0n) is 11.3. The molecule has 2 aromatic carbocycles. The molecule has 1 unspecified atom stereocenters. The van der Waals surface area contributed by atoms with Gasteiger partial charge in [-0.1, -0.05) is 42.5 Å². The second kappa shape index (κ2) is 7.26. The fraction of sp³-hybridized carbons (Fsp3) is 0.118. The van der Waals surface area contributed by atoms with Gasteiger partial charge in [0.2, 0.25) is 0 Å². The van der Waals surface area contributed by atoms with Crippen molar-refractivity contribution in [3.63, 3.8) is 0 Å². The molecule has 4 nitrogen and oxygen atoms in total. The Kier molecular flexibility index (Phi) is 5.12. The highest BCUT2D eigenvalue weighted by molar-refractivity contribution is 5.87. The molecule has 1 atom stereocenters. The van der Waals surface area contributed by atoms with Crippen molar-refractivity contribution in [1.29, 1.82) is 0 Å². The molecular formula is C17H16O4. The molecular weight excluding hydrogens is 268 g/mol. The van der Waals surface area contributed by atoms with Crippen molar-refractivity contribution >= 4 is 12.0 Å². The van der Waals surface area contributed by atoms with Crippen LogP contribution >= 0.6 is 0 Å². The molecule has 4 heteroatoms. The summed E-state index contributed by atoms with van der Waals surface area (Å²) < 4.78 is 4.97. The second-order valence-corrected chi connectivity index (χ2v) is 4.48. The lowest BCUT2D eigenvalue weighted by atomic mass is 10.1. The molecule has 0 saturated heterocycles. The maximum absolute atomic E-state index is 11.5. The van der Waals surface area contributed by atoms with Crippen molar-refractivity contribution in [2.75, 3.05) is 6.61 Å². The molecule has 0 amide bonds. The molecule has 2 aromatic rings. The van der Waals surface area contributed by atoms with E-state index >= 15 is 0 Å². The quantitative estimate of drug-likeness (QED) is 0.654. The monoisotopic (exact) mass is 284 g/mol. The summed E-state index contributed by atoms with van der Waals surface area (Å²) in [5.41, 5.74) is 1.47. The van der Waals surface area contributed by atoms with Crippen molar-refractivity contribution in [2.45, 2.75) is 6.10 Å². The van der Waals surface area contributed by atoms with Gasteiger partial charge in [0.25, 0.3) is 0 Å². The van der Waals surface area contributed by atoms with Crippen LogP contribution in [0.4, 0.5) is 0 Å². The van der Waals surface area contributed by atoms with Gasteiger partial charge in [-0.2, -0.15) is 0 Å². The first-order valence-electron chi connectivity index (χ1n) is 6.52. The Labute approximate surface area is 122 Å². The fourth-order valence-electron chi connectivity index (χ4n) is 1.73. The third kappa shape index (κ3) is 4.78. The van der Waals surface area contributed by atoms with Crippen molar-refractivity contribution in [3.8, 4) is 5.75 Å². The van der Waals surface area contributed by atoms with Crippen LogP contribution < -0.4 is 0 Å². The normalized spacial score (nSPS) is 12.2. The van der Waals surface area contributed by atoms with E-state index in [1.165, 1.54) is 18.2 Å². The summed E-state index contributed by atoms with van der Waals surface area (Å²) in [5.74, 6) is -0.398. The Bertz CT molecular complexity index is 602. The minimum Gasteiger partial charge on any atom is -0.508 e. The number of phenols is 1. The first-order chi connectivity index (χ1) is 10.1. The third-order valence-corrected chi connectivity index (χ3v) is 2.87. The van der Waals surface area contributed by atoms with Gasteiger partial charge in [-0.15, -0.1) is 0 Å². The average molecular weight is 284 g/mol. The highest BCUT2D eigenvalue weighted by Crippen LogP contribution is 2.17. The molecule has 0 aliphatic carbocycles. The number of carbonyl (C=O) groups excluding carboxylic acids is 1. The molecule has 0 aliphatic rings. The Morgan fingerprint density at radius 1 is 1.10 bits per heavy atom. The van der Waals surface area contributed by atoms with Crippen LogP contribution in [0.3, 0.4) is 0 Å². The SMILES string of the molecule is O=C(C=Cc1ccccc1)OCC(O)c1ccc(O)cc1. The van der Waals surface area contributed by atoms with Crippen molar-refractivity contribution in [3.05, 3.63) is 71.8 Å². The average Bonchev–Trinajstić information content (AvgIpc) is 2.52. The Hall–Kier alpha value is -2.59. The first kappa shape index (κ1) is 14.8. The van der Waals surface area contributed by atoms with Crippen molar-refractivity contribution in [1.82, 2.24) is 0 Å². The Morgan fingerprint density at radius 3 is 2.43 bits per heavy atom. The van der Waals surface area contributed by atoms with Gasteiger partial charge >= 0.3 is 5.97 Å². The van der Waals surface area contributed by atoms with Crippen molar-refractivity contribution < 1.29 is 19.7 Å². The topological polar surface area (TPSA) is 66.8 Å². The van der Waals surface area contributed by atoms with Gasteiger partial charge in [0, 0.05) is 6.08 Å². The minimum absolute atomic E-state index is 0.119. The number of rotatable bonds is 5. The van der Waals surface area contributed by atoms with Gasteiger partial charge in [-0.3, -0.25) is 0 Å². The van der Waals surface area contributed by atoms with Crippen LogP contribution in [0.2, 0.25) is 0 Å². The van der Waals surface area contributed by atoms with E-state index in [9.17, 15) is 9.90 Å². The maximum Gasteiger partial charge on any atom is 0.330 e. The lowest BCUT2D eigenvalue weighted by molar-refractivity contribution is -0.140. The van der Waals surface area contributed by atoms with E-state index in [2.05, 4.69) is 0 Å². The summed E-state index contributed by atoms with van der Waals surface area (Å²) in [6, 6.07) is 15.5. The molecule has 0 radical (unpaired) electrons. The molecule has 108 valence electrons. The Morgan fingerprint density at radius 2 is 1.76 bits per heavy atom. The number of aliphatic hydroxyl groups excluding tert-OH is 1. The van der Waals surface area contributed by atoms with Crippen LogP contribution in [0, 0.1) is 0 Å². The van der Waals surface area contributed by atoms with E-state index < -0.39 is 12.1 Å². The molecule has 0 heterocycles. The van der Waals surface area contributed by atoms with E-state index in [0.717, 1.165) is 5.56 Å². The number of ether oxygens (including phenoxy) is 1. The summed E-state index contributed by atoms with van der Waals surface area (Å²) in [7, 11) is 0. The van der Waals surface area contributed by atoms with Crippen LogP contribution in [0.25, 0.3) is 6.08 Å². The summed E-state index contributed by atoms with van der Waals surface area (Å²) in [5, 5.41) is 19.0. The number of aliphatic hydroxyl groups is 1. The highest BCUT2D eigenvalue weighted by atomic mass is 16.5. The van der Waals surface area contributed by atoms with E-state index in [1.807, 2.05) is 30.3 Å². The number of hydrogen-bond donors (Lipinski definition) is 2. The number of carbonyl (C=O) groups is 1. The van der Waals surface area contributed by atoms with E-state index in [1.54, 1.807) is 18.2 Å². The molecule has 0 aliphatic heterocycles. The van der Waals surface area contributed by atoms with Gasteiger partial charge in [0.05, 0.1) is 0 Å². The van der Waals surface area contributed by atoms with Crippen molar-refractivity contribution in [2.24, 2.45) is 0 Å². The second-order valence-electron chi connectivity index (χ2n) is 4.48. The number of aromatic hydroxyl groups is 1. The lowest BCUT2D eigenvalue weighted by Gasteiger charge is -2.10. The number of hydrogen-bond acceptors (Lipinski definition) is 4. The zero-order valence-corrected chi connectivity index (χ0v) is 11.3. The molecule has 2 N–H and O–H groups in total. The third-order valence-electron chi connectivity index (χ3n) is 2.87. The molecule has 0 aromatic heterocycles. The largest absolute Gasteiger partial charge is 0.508 e. The van der Waals surface area contributed by atoms with E-state index in [4.69, 9.17) is 9.84 Å².